The minimum absolute atomic E-state index is 0.132. The second-order valence-corrected chi connectivity index (χ2v) is 10.1. The lowest BCUT2D eigenvalue weighted by Crippen LogP contribution is -2.34. The summed E-state index contributed by atoms with van der Waals surface area (Å²) in [4.78, 5) is 24.9. The van der Waals surface area contributed by atoms with Crippen LogP contribution in [0.2, 0.25) is 0 Å². The van der Waals surface area contributed by atoms with Crippen LogP contribution in [0.5, 0.6) is 5.75 Å². The predicted molar refractivity (Wildman–Crippen MR) is 136 cm³/mol. The molecule has 1 saturated carbocycles. The van der Waals surface area contributed by atoms with E-state index in [9.17, 15) is 14.3 Å². The fraction of sp³-hybridized carbons (Fsp3) is 0.480. The van der Waals surface area contributed by atoms with Crippen molar-refractivity contribution in [3.63, 3.8) is 0 Å². The molecule has 0 saturated heterocycles. The number of benzene rings is 1. The molecule has 1 amide bonds. The van der Waals surface area contributed by atoms with Crippen molar-refractivity contribution in [2.24, 2.45) is 0 Å². The summed E-state index contributed by atoms with van der Waals surface area (Å²) in [5, 5.41) is 17.3. The van der Waals surface area contributed by atoms with Gasteiger partial charge in [0.05, 0.1) is 22.1 Å². The maximum atomic E-state index is 14.1. The van der Waals surface area contributed by atoms with Gasteiger partial charge in [-0.3, -0.25) is 4.79 Å². The summed E-state index contributed by atoms with van der Waals surface area (Å²) in [6.07, 6.45) is 4.63. The standard InChI is InChI=1S/C25H32FN5O3S/c1-15-21-23(28-14-29-25(21)35-22(15)24(33)27-11-6-12-31(2)3)30-17-10-9-16(26)13-20(17)34-19-8-5-4-7-18(19)32/h9-10,13-14,18-19,32H,4-8,11-12H2,1-3H3,(H,27,33)(H,28,29,30)/t18-,19-/m1/s1. The van der Waals surface area contributed by atoms with E-state index in [0.717, 1.165) is 36.8 Å². The summed E-state index contributed by atoms with van der Waals surface area (Å²) in [6, 6.07) is 4.25. The third kappa shape index (κ3) is 6.06. The summed E-state index contributed by atoms with van der Waals surface area (Å²) in [5.41, 5.74) is 1.31. The van der Waals surface area contributed by atoms with Crippen LogP contribution < -0.4 is 15.4 Å². The number of aryl methyl sites for hydroxylation is 1. The van der Waals surface area contributed by atoms with Gasteiger partial charge in [-0.05, 0) is 70.9 Å². The number of aromatic nitrogens is 2. The van der Waals surface area contributed by atoms with Crippen LogP contribution >= 0.6 is 11.3 Å². The zero-order valence-corrected chi connectivity index (χ0v) is 21.1. The molecular formula is C25H32FN5O3S. The van der Waals surface area contributed by atoms with E-state index in [1.54, 1.807) is 6.07 Å². The number of aliphatic hydroxyl groups is 1. The lowest BCUT2D eigenvalue weighted by molar-refractivity contribution is 0.00712. The number of thiophene rings is 1. The smallest absolute Gasteiger partial charge is 0.261 e. The molecule has 10 heteroatoms. The second-order valence-electron chi connectivity index (χ2n) is 9.14. The SMILES string of the molecule is Cc1c(C(=O)NCCCN(C)C)sc2ncnc(Nc3ccc(F)cc3O[C@@H]3CCCC[C@H]3O)c12. The molecule has 3 aromatic rings. The van der Waals surface area contributed by atoms with Gasteiger partial charge < -0.3 is 25.4 Å². The quantitative estimate of drug-likeness (QED) is 0.377. The Bertz CT molecular complexity index is 1190. The molecule has 0 spiro atoms. The van der Waals surface area contributed by atoms with Crippen molar-refractivity contribution in [1.82, 2.24) is 20.2 Å². The molecular weight excluding hydrogens is 469 g/mol. The molecule has 2 heterocycles. The lowest BCUT2D eigenvalue weighted by atomic mass is 9.95. The molecule has 0 unspecified atom stereocenters. The number of nitrogens with zero attached hydrogens (tertiary/aromatic N) is 3. The van der Waals surface area contributed by atoms with E-state index in [0.29, 0.717) is 46.3 Å². The van der Waals surface area contributed by atoms with Crippen molar-refractivity contribution in [3.05, 3.63) is 40.8 Å². The molecule has 8 nitrogen and oxygen atoms in total. The van der Waals surface area contributed by atoms with Crippen LogP contribution in [0.15, 0.2) is 24.5 Å². The van der Waals surface area contributed by atoms with Crippen molar-refractivity contribution in [3.8, 4) is 5.75 Å². The van der Waals surface area contributed by atoms with Gasteiger partial charge >= 0.3 is 0 Å². The first-order valence-corrected chi connectivity index (χ1v) is 12.7. The predicted octanol–water partition coefficient (Wildman–Crippen LogP) is 4.25. The molecule has 1 aromatic carbocycles. The topological polar surface area (TPSA) is 99.6 Å². The minimum Gasteiger partial charge on any atom is -0.485 e. The summed E-state index contributed by atoms with van der Waals surface area (Å²) in [6.45, 7) is 3.36. The van der Waals surface area contributed by atoms with Crippen molar-refractivity contribution >= 4 is 39.0 Å². The number of halogens is 1. The molecule has 35 heavy (non-hydrogen) atoms. The molecule has 4 rings (SSSR count). The number of aliphatic hydroxyl groups excluding tert-OH is 1. The van der Waals surface area contributed by atoms with Gasteiger partial charge in [0.15, 0.2) is 0 Å². The Morgan fingerprint density at radius 2 is 2.09 bits per heavy atom. The van der Waals surface area contributed by atoms with Crippen molar-refractivity contribution in [1.29, 1.82) is 0 Å². The van der Waals surface area contributed by atoms with Crippen LogP contribution in [0.3, 0.4) is 0 Å². The Kier molecular flexibility index (Phi) is 8.15. The Morgan fingerprint density at radius 3 is 2.86 bits per heavy atom. The number of anilines is 2. The average molecular weight is 502 g/mol. The van der Waals surface area contributed by atoms with Crippen LogP contribution in [-0.2, 0) is 0 Å². The van der Waals surface area contributed by atoms with E-state index in [-0.39, 0.29) is 12.0 Å². The summed E-state index contributed by atoms with van der Waals surface area (Å²) in [7, 11) is 4.00. The van der Waals surface area contributed by atoms with E-state index >= 15 is 0 Å². The maximum Gasteiger partial charge on any atom is 0.261 e. The number of hydrogen-bond donors (Lipinski definition) is 3. The van der Waals surface area contributed by atoms with Crippen molar-refractivity contribution in [2.75, 3.05) is 32.5 Å². The Balaban J connectivity index is 1.58. The van der Waals surface area contributed by atoms with Crippen molar-refractivity contribution < 1.29 is 19.0 Å². The Hall–Kier alpha value is -2.82. The summed E-state index contributed by atoms with van der Waals surface area (Å²) in [5.74, 6) is 0.265. The largest absolute Gasteiger partial charge is 0.485 e. The third-order valence-electron chi connectivity index (χ3n) is 6.14. The van der Waals surface area contributed by atoms with E-state index in [1.165, 1.54) is 29.8 Å². The van der Waals surface area contributed by atoms with Gasteiger partial charge in [0.25, 0.3) is 5.91 Å². The second kappa shape index (κ2) is 11.3. The van der Waals surface area contributed by atoms with E-state index < -0.39 is 11.9 Å². The molecule has 2 atom stereocenters. The molecule has 0 radical (unpaired) electrons. The van der Waals surface area contributed by atoms with E-state index in [2.05, 4.69) is 25.5 Å². The van der Waals surface area contributed by atoms with Gasteiger partial charge in [0.2, 0.25) is 0 Å². The molecule has 1 aliphatic rings. The molecule has 0 bridgehead atoms. The third-order valence-corrected chi connectivity index (χ3v) is 7.34. The molecule has 0 aliphatic heterocycles. The zero-order valence-electron chi connectivity index (χ0n) is 20.3. The van der Waals surface area contributed by atoms with Gasteiger partial charge in [-0.15, -0.1) is 11.3 Å². The number of rotatable bonds is 9. The number of nitrogens with one attached hydrogen (secondary N) is 2. The van der Waals surface area contributed by atoms with Crippen molar-refractivity contribution in [2.45, 2.75) is 51.2 Å². The minimum atomic E-state index is -0.580. The highest BCUT2D eigenvalue weighted by atomic mass is 32.1. The van der Waals surface area contributed by atoms with Crippen LogP contribution in [0.1, 0.15) is 47.3 Å². The molecule has 1 aliphatic carbocycles. The number of ether oxygens (including phenoxy) is 1. The zero-order chi connectivity index (χ0) is 24.9. The summed E-state index contributed by atoms with van der Waals surface area (Å²) >= 11 is 1.32. The van der Waals surface area contributed by atoms with Crippen LogP contribution in [0.4, 0.5) is 15.9 Å². The van der Waals surface area contributed by atoms with Crippen LogP contribution in [-0.4, -0.2) is 65.3 Å². The van der Waals surface area contributed by atoms with Gasteiger partial charge in [-0.1, -0.05) is 6.42 Å². The highest BCUT2D eigenvalue weighted by molar-refractivity contribution is 7.20. The number of amides is 1. The number of hydrogen-bond acceptors (Lipinski definition) is 8. The molecule has 1 fully saturated rings. The highest BCUT2D eigenvalue weighted by Crippen LogP contribution is 2.37. The first-order chi connectivity index (χ1) is 16.8. The number of carbonyl (C=O) groups excluding carboxylic acids is 1. The first-order valence-electron chi connectivity index (χ1n) is 11.9. The van der Waals surface area contributed by atoms with Gasteiger partial charge in [-0.2, -0.15) is 0 Å². The Labute approximate surface area is 208 Å². The van der Waals surface area contributed by atoms with E-state index in [4.69, 9.17) is 4.74 Å². The van der Waals surface area contributed by atoms with Gasteiger partial charge in [0.1, 0.15) is 34.6 Å². The van der Waals surface area contributed by atoms with Crippen LogP contribution in [0.25, 0.3) is 10.2 Å². The number of carbonyl (C=O) groups is 1. The van der Waals surface area contributed by atoms with Crippen LogP contribution in [0, 0.1) is 12.7 Å². The lowest BCUT2D eigenvalue weighted by Gasteiger charge is -2.29. The Morgan fingerprint density at radius 1 is 1.29 bits per heavy atom. The fourth-order valence-electron chi connectivity index (χ4n) is 4.26. The highest BCUT2D eigenvalue weighted by Gasteiger charge is 2.26. The maximum absolute atomic E-state index is 14.1. The number of fused-ring (bicyclic) bond motifs is 1. The molecule has 2 aromatic heterocycles. The van der Waals surface area contributed by atoms with Gasteiger partial charge in [-0.25, -0.2) is 14.4 Å². The van der Waals surface area contributed by atoms with E-state index in [1.807, 2.05) is 21.0 Å². The van der Waals surface area contributed by atoms with Gasteiger partial charge in [0, 0.05) is 12.6 Å². The normalized spacial score (nSPS) is 18.1. The first kappa shape index (κ1) is 25.3. The summed E-state index contributed by atoms with van der Waals surface area (Å²) < 4.78 is 20.1. The average Bonchev–Trinajstić information content (AvgIpc) is 3.17. The molecule has 188 valence electrons. The monoisotopic (exact) mass is 501 g/mol. The fourth-order valence-corrected chi connectivity index (χ4v) is 5.33. The molecule has 3 N–H and O–H groups in total.